The highest BCUT2D eigenvalue weighted by Crippen LogP contribution is 2.16. The van der Waals surface area contributed by atoms with Gasteiger partial charge in [-0.2, -0.15) is 0 Å². The predicted molar refractivity (Wildman–Crippen MR) is 74.7 cm³/mol. The largest absolute Gasteiger partial charge is 0.377 e. The maximum Gasteiger partial charge on any atom is 0.226 e. The van der Waals surface area contributed by atoms with E-state index in [2.05, 4.69) is 0 Å². The summed E-state index contributed by atoms with van der Waals surface area (Å²) in [5, 5.41) is 0. The number of ether oxygens (including phenoxy) is 1. The van der Waals surface area contributed by atoms with Crippen molar-refractivity contribution in [2.75, 3.05) is 26.2 Å². The summed E-state index contributed by atoms with van der Waals surface area (Å²) in [6.07, 6.45) is 1.80. The normalized spacial score (nSPS) is 16.2. The van der Waals surface area contributed by atoms with E-state index in [-0.39, 0.29) is 18.4 Å². The van der Waals surface area contributed by atoms with Crippen LogP contribution >= 0.6 is 0 Å². The van der Waals surface area contributed by atoms with E-state index in [1.807, 2.05) is 0 Å². The third-order valence-corrected chi connectivity index (χ3v) is 3.61. The smallest absolute Gasteiger partial charge is 0.226 e. The minimum absolute atomic E-state index is 0.0710. The van der Waals surface area contributed by atoms with Crippen LogP contribution in [0.4, 0.5) is 8.78 Å². The van der Waals surface area contributed by atoms with E-state index >= 15 is 0 Å². The Labute approximate surface area is 122 Å². The van der Waals surface area contributed by atoms with Crippen LogP contribution < -0.4 is 5.73 Å². The van der Waals surface area contributed by atoms with Crippen LogP contribution in [-0.4, -0.2) is 43.2 Å². The zero-order chi connectivity index (χ0) is 15.2. The van der Waals surface area contributed by atoms with E-state index in [1.54, 1.807) is 4.90 Å². The third kappa shape index (κ3) is 4.47. The van der Waals surface area contributed by atoms with Gasteiger partial charge in [-0.05, 0) is 30.5 Å². The first-order chi connectivity index (χ1) is 10.1. The van der Waals surface area contributed by atoms with E-state index in [9.17, 15) is 13.6 Å². The Kier molecular flexibility index (Phi) is 5.64. The van der Waals surface area contributed by atoms with Crippen LogP contribution in [0.2, 0.25) is 0 Å². The number of piperidine rings is 1. The van der Waals surface area contributed by atoms with Crippen LogP contribution in [0.15, 0.2) is 18.2 Å². The summed E-state index contributed by atoms with van der Waals surface area (Å²) in [5.74, 6) is -1.89. The van der Waals surface area contributed by atoms with Gasteiger partial charge in [-0.15, -0.1) is 0 Å². The molecule has 2 rings (SSSR count). The molecule has 1 fully saturated rings. The number of hydrogen-bond donors (Lipinski definition) is 1. The lowest BCUT2D eigenvalue weighted by atomic mass is 10.1. The molecular formula is C15H20F2N2O2. The number of carbonyl (C=O) groups excluding carboxylic acids is 1. The Morgan fingerprint density at radius 3 is 2.62 bits per heavy atom. The minimum atomic E-state index is -0.922. The van der Waals surface area contributed by atoms with E-state index in [4.69, 9.17) is 10.5 Å². The van der Waals surface area contributed by atoms with Crippen LogP contribution in [0.1, 0.15) is 18.4 Å². The Hall–Kier alpha value is -1.53. The van der Waals surface area contributed by atoms with Crippen LogP contribution in [0.3, 0.4) is 0 Å². The van der Waals surface area contributed by atoms with E-state index in [0.29, 0.717) is 31.8 Å². The molecule has 0 aromatic heterocycles. The molecular weight excluding hydrogens is 278 g/mol. The van der Waals surface area contributed by atoms with Gasteiger partial charge in [0.2, 0.25) is 5.91 Å². The predicted octanol–water partition coefficient (Wildman–Crippen LogP) is 1.47. The number of likely N-dealkylation sites (tertiary alicyclic amines) is 1. The van der Waals surface area contributed by atoms with Crippen LogP contribution in [0, 0.1) is 11.6 Å². The molecule has 0 spiro atoms. The number of nitrogens with two attached hydrogens (primary N) is 1. The number of benzene rings is 1. The molecule has 0 radical (unpaired) electrons. The molecule has 0 aliphatic carbocycles. The SMILES string of the molecule is NCCOC1CCN(C(=O)Cc2ccc(F)c(F)c2)CC1. The van der Waals surface area contributed by atoms with Crippen molar-refractivity contribution in [3.63, 3.8) is 0 Å². The van der Waals surface area contributed by atoms with Crippen molar-refractivity contribution < 1.29 is 18.3 Å². The van der Waals surface area contributed by atoms with Crippen molar-refractivity contribution in [1.29, 1.82) is 0 Å². The van der Waals surface area contributed by atoms with Gasteiger partial charge >= 0.3 is 0 Å². The van der Waals surface area contributed by atoms with Gasteiger partial charge in [0.15, 0.2) is 11.6 Å². The van der Waals surface area contributed by atoms with Gasteiger partial charge in [0.25, 0.3) is 0 Å². The molecule has 0 saturated carbocycles. The molecule has 1 aliphatic heterocycles. The monoisotopic (exact) mass is 298 g/mol. The van der Waals surface area contributed by atoms with E-state index in [1.165, 1.54) is 6.07 Å². The molecule has 1 heterocycles. The molecule has 1 amide bonds. The number of rotatable bonds is 5. The van der Waals surface area contributed by atoms with Crippen molar-refractivity contribution in [3.8, 4) is 0 Å². The van der Waals surface area contributed by atoms with Crippen molar-refractivity contribution >= 4 is 5.91 Å². The van der Waals surface area contributed by atoms with Crippen LogP contribution in [0.5, 0.6) is 0 Å². The molecule has 116 valence electrons. The Balaban J connectivity index is 1.83. The quantitative estimate of drug-likeness (QED) is 0.895. The van der Waals surface area contributed by atoms with Crippen molar-refractivity contribution in [3.05, 3.63) is 35.4 Å². The second-order valence-corrected chi connectivity index (χ2v) is 5.16. The number of halogens is 2. The first-order valence-electron chi connectivity index (χ1n) is 7.13. The number of hydrogen-bond acceptors (Lipinski definition) is 3. The summed E-state index contributed by atoms with van der Waals surface area (Å²) in [6.45, 7) is 2.28. The highest BCUT2D eigenvalue weighted by atomic mass is 19.2. The van der Waals surface area contributed by atoms with E-state index in [0.717, 1.165) is 25.0 Å². The Morgan fingerprint density at radius 1 is 1.29 bits per heavy atom. The van der Waals surface area contributed by atoms with Crippen molar-refractivity contribution in [2.45, 2.75) is 25.4 Å². The lowest BCUT2D eigenvalue weighted by molar-refractivity contribution is -0.133. The first kappa shape index (κ1) is 15.9. The lowest BCUT2D eigenvalue weighted by Crippen LogP contribution is -2.41. The topological polar surface area (TPSA) is 55.6 Å². The molecule has 4 nitrogen and oxygen atoms in total. The van der Waals surface area contributed by atoms with Gasteiger partial charge < -0.3 is 15.4 Å². The number of carbonyl (C=O) groups is 1. The second-order valence-electron chi connectivity index (χ2n) is 5.16. The molecule has 1 aliphatic rings. The Bertz CT molecular complexity index is 489. The summed E-state index contributed by atoms with van der Waals surface area (Å²) in [7, 11) is 0. The number of amides is 1. The molecule has 1 saturated heterocycles. The summed E-state index contributed by atoms with van der Waals surface area (Å²) in [5.41, 5.74) is 5.87. The summed E-state index contributed by atoms with van der Waals surface area (Å²) in [4.78, 5) is 13.9. The van der Waals surface area contributed by atoms with Crippen LogP contribution in [-0.2, 0) is 16.0 Å². The highest BCUT2D eigenvalue weighted by molar-refractivity contribution is 5.78. The van der Waals surface area contributed by atoms with Gasteiger partial charge in [0.05, 0.1) is 19.1 Å². The maximum absolute atomic E-state index is 13.1. The summed E-state index contributed by atoms with van der Waals surface area (Å²) >= 11 is 0. The molecule has 2 N–H and O–H groups in total. The van der Waals surface area contributed by atoms with Crippen LogP contribution in [0.25, 0.3) is 0 Å². The lowest BCUT2D eigenvalue weighted by Gasteiger charge is -2.32. The van der Waals surface area contributed by atoms with Crippen molar-refractivity contribution in [1.82, 2.24) is 4.90 Å². The fraction of sp³-hybridized carbons (Fsp3) is 0.533. The highest BCUT2D eigenvalue weighted by Gasteiger charge is 2.23. The minimum Gasteiger partial charge on any atom is -0.377 e. The number of nitrogens with zero attached hydrogens (tertiary/aromatic N) is 1. The van der Waals surface area contributed by atoms with Crippen molar-refractivity contribution in [2.24, 2.45) is 5.73 Å². The maximum atomic E-state index is 13.1. The Morgan fingerprint density at radius 2 is 2.00 bits per heavy atom. The zero-order valence-corrected chi connectivity index (χ0v) is 11.9. The fourth-order valence-electron chi connectivity index (χ4n) is 2.44. The zero-order valence-electron chi connectivity index (χ0n) is 11.9. The van der Waals surface area contributed by atoms with E-state index < -0.39 is 11.6 Å². The first-order valence-corrected chi connectivity index (χ1v) is 7.13. The average Bonchev–Trinajstić information content (AvgIpc) is 2.49. The molecule has 0 bridgehead atoms. The molecule has 1 aromatic rings. The second kappa shape index (κ2) is 7.47. The molecule has 1 aromatic carbocycles. The van der Waals surface area contributed by atoms with Gasteiger partial charge in [0, 0.05) is 19.6 Å². The summed E-state index contributed by atoms with van der Waals surface area (Å²) in [6, 6.07) is 3.56. The molecule has 21 heavy (non-hydrogen) atoms. The van der Waals surface area contributed by atoms with Gasteiger partial charge in [-0.1, -0.05) is 6.07 Å². The summed E-state index contributed by atoms with van der Waals surface area (Å²) < 4.78 is 31.5. The molecule has 0 atom stereocenters. The third-order valence-electron chi connectivity index (χ3n) is 3.61. The molecule has 0 unspecified atom stereocenters. The van der Waals surface area contributed by atoms with Gasteiger partial charge in [-0.25, -0.2) is 8.78 Å². The van der Waals surface area contributed by atoms with Gasteiger partial charge in [-0.3, -0.25) is 4.79 Å². The standard InChI is InChI=1S/C15H20F2N2O2/c16-13-2-1-11(9-14(13)17)10-15(20)19-6-3-12(4-7-19)21-8-5-18/h1-2,9,12H,3-8,10,18H2. The fourth-order valence-corrected chi connectivity index (χ4v) is 2.44. The molecule has 6 heteroatoms. The average molecular weight is 298 g/mol. The van der Waals surface area contributed by atoms with Gasteiger partial charge in [0.1, 0.15) is 0 Å².